The number of aromatic amines is 1. The summed E-state index contributed by atoms with van der Waals surface area (Å²) in [6.07, 6.45) is 2.90. The van der Waals surface area contributed by atoms with Gasteiger partial charge < -0.3 is 4.74 Å². The van der Waals surface area contributed by atoms with Gasteiger partial charge in [-0.15, -0.1) is 0 Å². The molecule has 0 aliphatic heterocycles. The van der Waals surface area contributed by atoms with Crippen LogP contribution in [0.3, 0.4) is 0 Å². The van der Waals surface area contributed by atoms with Gasteiger partial charge in [0.05, 0.1) is 22.1 Å². The fraction of sp³-hybridized carbons (Fsp3) is 0.0769. The molecule has 3 aromatic carbocycles. The number of nitrogens with zero attached hydrogens (tertiary/aromatic N) is 1. The van der Waals surface area contributed by atoms with Crippen molar-refractivity contribution in [2.24, 2.45) is 0 Å². The maximum absolute atomic E-state index is 15.8. The lowest BCUT2D eigenvalue weighted by Gasteiger charge is -2.20. The Labute approximate surface area is 194 Å². The quantitative estimate of drug-likeness (QED) is 0.145. The first-order valence-electron chi connectivity index (χ1n) is 10.2. The van der Waals surface area contributed by atoms with Crippen molar-refractivity contribution in [2.75, 3.05) is 0 Å². The van der Waals surface area contributed by atoms with E-state index in [9.17, 15) is 9.18 Å². The van der Waals surface area contributed by atoms with Crippen LogP contribution in [0, 0.1) is 11.6 Å². The van der Waals surface area contributed by atoms with Crippen LogP contribution < -0.4 is 4.74 Å². The first-order chi connectivity index (χ1) is 15.9. The minimum Gasteiger partial charge on any atom is -0.423 e. The number of rotatable bonds is 6. The van der Waals surface area contributed by atoms with E-state index in [2.05, 4.69) is 16.8 Å². The van der Waals surface area contributed by atoms with Gasteiger partial charge in [-0.2, -0.15) is 5.10 Å². The number of allylic oxidation sites excluding steroid dienone is 1. The summed E-state index contributed by atoms with van der Waals surface area (Å²) in [4.78, 5) is 12.0. The highest BCUT2D eigenvalue weighted by Crippen LogP contribution is 2.42. The molecule has 0 fully saturated rings. The summed E-state index contributed by atoms with van der Waals surface area (Å²) in [6.45, 7) is 5.33. The van der Waals surface area contributed by atoms with Gasteiger partial charge in [0.2, 0.25) is 0 Å². The lowest BCUT2D eigenvalue weighted by atomic mass is 9.87. The van der Waals surface area contributed by atoms with E-state index in [0.717, 1.165) is 6.08 Å². The Morgan fingerprint density at radius 3 is 2.61 bits per heavy atom. The van der Waals surface area contributed by atoms with E-state index in [-0.39, 0.29) is 16.3 Å². The third-order valence-electron chi connectivity index (χ3n) is 5.27. The minimum absolute atomic E-state index is 0.190. The van der Waals surface area contributed by atoms with Crippen LogP contribution in [-0.4, -0.2) is 16.2 Å². The van der Waals surface area contributed by atoms with Crippen molar-refractivity contribution >= 4 is 39.6 Å². The van der Waals surface area contributed by atoms with Gasteiger partial charge in [0.25, 0.3) is 0 Å². The zero-order chi connectivity index (χ0) is 23.5. The zero-order valence-electron chi connectivity index (χ0n) is 17.7. The Morgan fingerprint density at radius 1 is 1.12 bits per heavy atom. The molecule has 0 aliphatic carbocycles. The van der Waals surface area contributed by atoms with Crippen LogP contribution in [0.25, 0.3) is 22.0 Å². The summed E-state index contributed by atoms with van der Waals surface area (Å²) in [7, 11) is 0. The molecule has 0 saturated carbocycles. The average Bonchev–Trinajstić information content (AvgIpc) is 3.29. The molecule has 4 nitrogen and oxygen atoms in total. The van der Waals surface area contributed by atoms with E-state index in [0.29, 0.717) is 39.6 Å². The smallest absolute Gasteiger partial charge is 0.335 e. The molecule has 0 unspecified atom stereocenters. The van der Waals surface area contributed by atoms with Crippen LogP contribution in [0.4, 0.5) is 8.78 Å². The van der Waals surface area contributed by atoms with Crippen LogP contribution in [0.5, 0.6) is 5.75 Å². The fourth-order valence-electron chi connectivity index (χ4n) is 3.79. The molecule has 0 bridgehead atoms. The maximum atomic E-state index is 15.8. The summed E-state index contributed by atoms with van der Waals surface area (Å²) in [6, 6.07) is 14.2. The second-order valence-electron chi connectivity index (χ2n) is 7.21. The number of nitrogens with one attached hydrogen (secondary N) is 1. The summed E-state index contributed by atoms with van der Waals surface area (Å²) < 4.78 is 35.0. The number of ether oxygens (including phenoxy) is 1. The first-order valence-corrected chi connectivity index (χ1v) is 10.6. The van der Waals surface area contributed by atoms with E-state index in [1.165, 1.54) is 18.3 Å². The number of para-hydroxylation sites is 1. The van der Waals surface area contributed by atoms with Crippen molar-refractivity contribution in [2.45, 2.75) is 13.3 Å². The Kier molecular flexibility index (Phi) is 6.38. The highest BCUT2D eigenvalue weighted by Gasteiger charge is 2.23. The minimum atomic E-state index is -0.648. The van der Waals surface area contributed by atoms with E-state index in [1.807, 2.05) is 6.92 Å². The molecule has 1 N–H and O–H groups in total. The predicted molar refractivity (Wildman–Crippen MR) is 126 cm³/mol. The number of hydrogen-bond acceptors (Lipinski definition) is 3. The molecule has 1 heterocycles. The second kappa shape index (κ2) is 9.38. The molecule has 166 valence electrons. The zero-order valence-corrected chi connectivity index (χ0v) is 18.4. The standard InChI is InChI=1S/C26H19ClF2N2O2/c1-3-16(17-10-9-15(28)13-21(17)27)25(18-7-5-6-8-23(18)33-24(32)4-2)19-11-12-22-20(26(19)29)14-30-31-22/h4-14H,2-3H2,1H3,(H,30,31)/b25-16+. The van der Waals surface area contributed by atoms with Gasteiger partial charge in [-0.1, -0.05) is 49.4 Å². The number of benzene rings is 3. The van der Waals surface area contributed by atoms with Gasteiger partial charge in [0.15, 0.2) is 0 Å². The number of H-pyrrole nitrogens is 1. The number of esters is 1. The van der Waals surface area contributed by atoms with Crippen molar-refractivity contribution in [3.05, 3.63) is 107 Å². The number of fused-ring (bicyclic) bond motifs is 1. The number of hydrogen-bond donors (Lipinski definition) is 1. The number of carbonyl (C=O) groups excluding carboxylic acids is 1. The molecular weight excluding hydrogens is 446 g/mol. The first kappa shape index (κ1) is 22.4. The van der Waals surface area contributed by atoms with Crippen molar-refractivity contribution in [3.8, 4) is 5.75 Å². The van der Waals surface area contributed by atoms with Crippen LogP contribution in [-0.2, 0) is 4.79 Å². The highest BCUT2D eigenvalue weighted by molar-refractivity contribution is 6.32. The van der Waals surface area contributed by atoms with Crippen molar-refractivity contribution < 1.29 is 18.3 Å². The molecule has 7 heteroatoms. The summed E-state index contributed by atoms with van der Waals surface area (Å²) in [5.41, 5.74) is 2.96. The Hall–Kier alpha value is -3.77. The third kappa shape index (κ3) is 4.30. The highest BCUT2D eigenvalue weighted by atomic mass is 35.5. The van der Waals surface area contributed by atoms with Crippen LogP contribution >= 0.6 is 11.6 Å². The molecule has 0 amide bonds. The molecule has 33 heavy (non-hydrogen) atoms. The molecule has 0 saturated heterocycles. The fourth-order valence-corrected chi connectivity index (χ4v) is 4.08. The summed E-state index contributed by atoms with van der Waals surface area (Å²) in [5.74, 6) is -1.39. The van der Waals surface area contributed by atoms with Gasteiger partial charge in [-0.05, 0) is 53.5 Å². The van der Waals surface area contributed by atoms with E-state index >= 15 is 4.39 Å². The van der Waals surface area contributed by atoms with E-state index in [1.54, 1.807) is 42.5 Å². The monoisotopic (exact) mass is 464 g/mol. The van der Waals surface area contributed by atoms with Gasteiger partial charge in [0.1, 0.15) is 17.4 Å². The molecular formula is C26H19ClF2N2O2. The summed E-state index contributed by atoms with van der Waals surface area (Å²) >= 11 is 6.40. The van der Waals surface area contributed by atoms with Gasteiger partial charge in [-0.3, -0.25) is 5.10 Å². The lowest BCUT2D eigenvalue weighted by Crippen LogP contribution is -2.07. The van der Waals surface area contributed by atoms with Gasteiger partial charge >= 0.3 is 5.97 Å². The van der Waals surface area contributed by atoms with Crippen molar-refractivity contribution in [1.29, 1.82) is 0 Å². The molecule has 0 spiro atoms. The van der Waals surface area contributed by atoms with Crippen molar-refractivity contribution in [3.63, 3.8) is 0 Å². The van der Waals surface area contributed by atoms with Gasteiger partial charge in [-0.25, -0.2) is 13.6 Å². The number of halogens is 3. The predicted octanol–water partition coefficient (Wildman–Crippen LogP) is 6.96. The summed E-state index contributed by atoms with van der Waals surface area (Å²) in [5, 5.41) is 7.18. The number of aromatic nitrogens is 2. The Morgan fingerprint density at radius 2 is 1.88 bits per heavy atom. The van der Waals surface area contributed by atoms with Crippen molar-refractivity contribution in [1.82, 2.24) is 10.2 Å². The number of carbonyl (C=O) groups is 1. The molecule has 4 rings (SSSR count). The second-order valence-corrected chi connectivity index (χ2v) is 7.62. The normalized spacial score (nSPS) is 11.9. The third-order valence-corrected chi connectivity index (χ3v) is 5.59. The van der Waals surface area contributed by atoms with E-state index < -0.39 is 17.6 Å². The van der Waals surface area contributed by atoms with Crippen LogP contribution in [0.2, 0.25) is 5.02 Å². The van der Waals surface area contributed by atoms with Crippen LogP contribution in [0.15, 0.2) is 73.4 Å². The average molecular weight is 465 g/mol. The molecule has 0 atom stereocenters. The maximum Gasteiger partial charge on any atom is 0.335 e. The molecule has 4 aromatic rings. The molecule has 1 aromatic heterocycles. The molecule has 0 aliphatic rings. The van der Waals surface area contributed by atoms with Crippen LogP contribution in [0.1, 0.15) is 30.0 Å². The Balaban J connectivity index is 2.09. The molecule has 0 radical (unpaired) electrons. The SMILES string of the molecule is C=CC(=O)Oc1ccccc1/C(=C(/CC)c1ccc(F)cc1Cl)c1ccc2[nH]ncc2c1F. The lowest BCUT2D eigenvalue weighted by molar-refractivity contribution is -0.128. The topological polar surface area (TPSA) is 55.0 Å². The van der Waals surface area contributed by atoms with Gasteiger partial charge in [0, 0.05) is 17.2 Å². The Bertz CT molecular complexity index is 1410. The largest absolute Gasteiger partial charge is 0.423 e. The van der Waals surface area contributed by atoms with E-state index in [4.69, 9.17) is 16.3 Å².